The molecule has 0 unspecified atom stereocenters. The van der Waals surface area contributed by atoms with Crippen LogP contribution in [0.25, 0.3) is 16.5 Å². The molecule has 37 heavy (non-hydrogen) atoms. The van der Waals surface area contributed by atoms with Gasteiger partial charge in [-0.3, -0.25) is 14.9 Å². The Labute approximate surface area is 215 Å². The Kier molecular flexibility index (Phi) is 12.4. The molecule has 1 aromatic carbocycles. The fraction of sp³-hybridized carbons (Fsp3) is 0.522. The minimum Gasteiger partial charge on any atom is -0.406 e. The Morgan fingerprint density at radius 3 is 1.84 bits per heavy atom. The molecular formula is C23H33N7O7. The SMILES string of the molecule is CCN(CC)C(=O)Oc1cc(/C=C(\N=[N+]=[N-])C(=O)N(CC)CC)cc([N+](=O)[O-])c1OC(=O)N(CC)CC. The third-order valence-corrected chi connectivity index (χ3v) is 5.41. The van der Waals surface area contributed by atoms with Crippen LogP contribution >= 0.6 is 0 Å². The lowest BCUT2D eigenvalue weighted by atomic mass is 10.1. The van der Waals surface area contributed by atoms with E-state index in [4.69, 9.17) is 15.0 Å². The molecule has 0 fully saturated rings. The van der Waals surface area contributed by atoms with Crippen molar-refractivity contribution in [3.05, 3.63) is 44.0 Å². The first kappa shape index (κ1) is 30.7. The predicted molar refractivity (Wildman–Crippen MR) is 136 cm³/mol. The molecular weight excluding hydrogens is 486 g/mol. The third kappa shape index (κ3) is 8.10. The second-order valence-electron chi connectivity index (χ2n) is 7.40. The summed E-state index contributed by atoms with van der Waals surface area (Å²) < 4.78 is 10.7. The van der Waals surface area contributed by atoms with E-state index < -0.39 is 40.2 Å². The highest BCUT2D eigenvalue weighted by molar-refractivity contribution is 5.97. The summed E-state index contributed by atoms with van der Waals surface area (Å²) in [6.07, 6.45) is -0.559. The number of hydrogen-bond acceptors (Lipinski definition) is 8. The van der Waals surface area contributed by atoms with Gasteiger partial charge in [-0.1, -0.05) is 5.11 Å². The fourth-order valence-corrected chi connectivity index (χ4v) is 3.29. The van der Waals surface area contributed by atoms with E-state index in [1.807, 2.05) is 0 Å². The average molecular weight is 520 g/mol. The quantitative estimate of drug-likeness (QED) is 0.0953. The second kappa shape index (κ2) is 14.9. The molecule has 14 heteroatoms. The standard InChI is InChI=1S/C23H33N7O7/c1-7-27(8-2)21(31)17(25-26-24)13-16-14-18(30(34)35)20(37-23(33)29(11-5)12-6)19(15-16)36-22(32)28(9-3)10-4/h13-15H,7-12H2,1-6H3/b17-13-. The van der Waals surface area contributed by atoms with Crippen molar-refractivity contribution in [3.63, 3.8) is 0 Å². The summed E-state index contributed by atoms with van der Waals surface area (Å²) in [6, 6.07) is 2.23. The first-order chi connectivity index (χ1) is 17.6. The number of carbonyl (C=O) groups is 3. The van der Waals surface area contributed by atoms with Gasteiger partial charge in [0.05, 0.1) is 4.92 Å². The maximum absolute atomic E-state index is 12.8. The van der Waals surface area contributed by atoms with E-state index in [9.17, 15) is 24.5 Å². The van der Waals surface area contributed by atoms with E-state index in [1.54, 1.807) is 41.5 Å². The van der Waals surface area contributed by atoms with Crippen molar-refractivity contribution in [1.82, 2.24) is 14.7 Å². The Balaban J connectivity index is 3.83. The highest BCUT2D eigenvalue weighted by atomic mass is 16.6. The summed E-state index contributed by atoms with van der Waals surface area (Å²) in [5, 5.41) is 15.4. The van der Waals surface area contributed by atoms with Gasteiger partial charge in [0.25, 0.3) is 11.7 Å². The highest BCUT2D eigenvalue weighted by Crippen LogP contribution is 2.40. The van der Waals surface area contributed by atoms with Crippen LogP contribution in [0, 0.1) is 10.1 Å². The Morgan fingerprint density at radius 2 is 1.41 bits per heavy atom. The van der Waals surface area contributed by atoms with Crippen LogP contribution in [0.5, 0.6) is 11.5 Å². The molecule has 0 bridgehead atoms. The molecule has 14 nitrogen and oxygen atoms in total. The van der Waals surface area contributed by atoms with Gasteiger partial charge in [0.1, 0.15) is 5.70 Å². The molecule has 1 aromatic rings. The maximum atomic E-state index is 12.8. The van der Waals surface area contributed by atoms with Crippen molar-refractivity contribution in [3.8, 4) is 11.5 Å². The van der Waals surface area contributed by atoms with Crippen LogP contribution in [0.3, 0.4) is 0 Å². The molecule has 0 aliphatic rings. The van der Waals surface area contributed by atoms with Gasteiger partial charge >= 0.3 is 17.9 Å². The molecule has 0 aliphatic heterocycles. The number of likely N-dealkylation sites (N-methyl/N-ethyl adjacent to an activating group) is 1. The molecule has 0 aromatic heterocycles. The van der Waals surface area contributed by atoms with Gasteiger partial charge in [0.15, 0.2) is 5.75 Å². The topological polar surface area (TPSA) is 171 Å². The van der Waals surface area contributed by atoms with Crippen LogP contribution in [0.1, 0.15) is 47.1 Å². The molecule has 202 valence electrons. The van der Waals surface area contributed by atoms with Gasteiger partial charge in [-0.15, -0.1) is 0 Å². The van der Waals surface area contributed by atoms with Crippen molar-refractivity contribution in [2.75, 3.05) is 39.3 Å². The van der Waals surface area contributed by atoms with Crippen molar-refractivity contribution in [2.45, 2.75) is 41.5 Å². The van der Waals surface area contributed by atoms with Crippen molar-refractivity contribution < 1.29 is 28.8 Å². The van der Waals surface area contributed by atoms with Crippen LogP contribution in [0.15, 0.2) is 22.9 Å². The fourth-order valence-electron chi connectivity index (χ4n) is 3.29. The summed E-state index contributed by atoms with van der Waals surface area (Å²) in [5.74, 6) is -1.57. The Hall–Kier alpha value is -4.32. The first-order valence-corrected chi connectivity index (χ1v) is 11.9. The van der Waals surface area contributed by atoms with E-state index in [0.29, 0.717) is 26.2 Å². The van der Waals surface area contributed by atoms with E-state index in [-0.39, 0.29) is 24.4 Å². The van der Waals surface area contributed by atoms with E-state index >= 15 is 0 Å². The third-order valence-electron chi connectivity index (χ3n) is 5.41. The summed E-state index contributed by atoms with van der Waals surface area (Å²) in [6.45, 7) is 12.2. The van der Waals surface area contributed by atoms with Crippen LogP contribution in [0.4, 0.5) is 15.3 Å². The van der Waals surface area contributed by atoms with Gasteiger partial charge in [-0.2, -0.15) is 0 Å². The van der Waals surface area contributed by atoms with Gasteiger partial charge < -0.3 is 24.2 Å². The van der Waals surface area contributed by atoms with Crippen molar-refractivity contribution >= 4 is 29.9 Å². The van der Waals surface area contributed by atoms with Crippen LogP contribution < -0.4 is 9.47 Å². The number of hydrogen-bond donors (Lipinski definition) is 0. The number of rotatable bonds is 12. The molecule has 0 N–H and O–H groups in total. The number of amides is 3. The lowest BCUT2D eigenvalue weighted by Crippen LogP contribution is -2.34. The second-order valence-corrected chi connectivity index (χ2v) is 7.40. The number of nitro benzene ring substituents is 1. The molecule has 3 amide bonds. The monoisotopic (exact) mass is 519 g/mol. The van der Waals surface area contributed by atoms with Crippen LogP contribution in [-0.4, -0.2) is 77.0 Å². The molecule has 0 heterocycles. The number of nitrogens with zero attached hydrogens (tertiary/aromatic N) is 7. The summed E-state index contributed by atoms with van der Waals surface area (Å²) in [4.78, 5) is 56.0. The number of nitro groups is 1. The van der Waals surface area contributed by atoms with Crippen molar-refractivity contribution in [2.24, 2.45) is 5.11 Å². The number of benzene rings is 1. The van der Waals surface area contributed by atoms with Crippen LogP contribution in [-0.2, 0) is 4.79 Å². The largest absolute Gasteiger partial charge is 0.415 e. The van der Waals surface area contributed by atoms with Gasteiger partial charge in [-0.05, 0) is 64.8 Å². The maximum Gasteiger partial charge on any atom is 0.415 e. The lowest BCUT2D eigenvalue weighted by Gasteiger charge is -2.21. The molecule has 0 atom stereocenters. The Morgan fingerprint density at radius 1 is 0.919 bits per heavy atom. The smallest absolute Gasteiger partial charge is 0.406 e. The minimum absolute atomic E-state index is 0.0135. The van der Waals surface area contributed by atoms with E-state index in [1.165, 1.54) is 20.8 Å². The number of ether oxygens (including phenoxy) is 2. The van der Waals surface area contributed by atoms with Gasteiger partial charge in [-0.25, -0.2) is 9.59 Å². The molecule has 0 radical (unpaired) electrons. The molecule has 1 rings (SSSR count). The molecule has 0 saturated heterocycles. The van der Waals surface area contributed by atoms with E-state index in [0.717, 1.165) is 12.1 Å². The number of azide groups is 1. The minimum atomic E-state index is -0.872. The van der Waals surface area contributed by atoms with Gasteiger partial charge in [0, 0.05) is 50.2 Å². The van der Waals surface area contributed by atoms with Gasteiger partial charge in [0.2, 0.25) is 0 Å². The zero-order valence-electron chi connectivity index (χ0n) is 22.0. The van der Waals surface area contributed by atoms with Crippen LogP contribution in [0.2, 0.25) is 0 Å². The summed E-state index contributed by atoms with van der Waals surface area (Å²) >= 11 is 0. The zero-order chi connectivity index (χ0) is 28.1. The lowest BCUT2D eigenvalue weighted by molar-refractivity contribution is -0.385. The molecule has 0 spiro atoms. The summed E-state index contributed by atoms with van der Waals surface area (Å²) in [7, 11) is 0. The average Bonchev–Trinajstić information content (AvgIpc) is 2.87. The number of carbonyl (C=O) groups excluding carboxylic acids is 3. The highest BCUT2D eigenvalue weighted by Gasteiger charge is 2.29. The van der Waals surface area contributed by atoms with Crippen molar-refractivity contribution in [1.29, 1.82) is 0 Å². The van der Waals surface area contributed by atoms with E-state index in [2.05, 4.69) is 10.0 Å². The summed E-state index contributed by atoms with van der Waals surface area (Å²) in [5.41, 5.74) is 7.97. The Bertz CT molecular complexity index is 1070. The normalized spacial score (nSPS) is 10.7. The molecule has 0 saturated carbocycles. The predicted octanol–water partition coefficient (Wildman–Crippen LogP) is 4.80. The first-order valence-electron chi connectivity index (χ1n) is 11.9. The zero-order valence-corrected chi connectivity index (χ0v) is 22.0. The molecule has 0 aliphatic carbocycles.